The zero-order chi connectivity index (χ0) is 14.5. The van der Waals surface area contributed by atoms with E-state index in [9.17, 15) is 9.59 Å². The first-order chi connectivity index (χ1) is 8.83. The van der Waals surface area contributed by atoms with Crippen molar-refractivity contribution >= 4 is 11.9 Å². The molecule has 1 aromatic rings. The van der Waals surface area contributed by atoms with Gasteiger partial charge in [-0.1, -0.05) is 37.3 Å². The predicted molar refractivity (Wildman–Crippen MR) is 73.9 cm³/mol. The monoisotopic (exact) mass is 263 g/mol. The molecule has 0 saturated heterocycles. The molecule has 0 aromatic heterocycles. The van der Waals surface area contributed by atoms with Crippen LogP contribution < -0.4 is 5.32 Å². The van der Waals surface area contributed by atoms with Crippen LogP contribution in [0.2, 0.25) is 0 Å². The summed E-state index contributed by atoms with van der Waals surface area (Å²) in [7, 11) is 0. The molecule has 2 N–H and O–H groups in total. The quantitative estimate of drug-likeness (QED) is 0.828. The molecule has 104 valence electrons. The van der Waals surface area contributed by atoms with Crippen molar-refractivity contribution in [2.24, 2.45) is 5.41 Å². The van der Waals surface area contributed by atoms with E-state index in [4.69, 9.17) is 5.11 Å². The van der Waals surface area contributed by atoms with Gasteiger partial charge in [0.25, 0.3) is 0 Å². The van der Waals surface area contributed by atoms with Crippen LogP contribution in [0.15, 0.2) is 30.3 Å². The molecule has 1 unspecified atom stereocenters. The van der Waals surface area contributed by atoms with E-state index in [-0.39, 0.29) is 18.2 Å². The van der Waals surface area contributed by atoms with Crippen LogP contribution in [0.5, 0.6) is 0 Å². The van der Waals surface area contributed by atoms with E-state index in [0.717, 1.165) is 5.56 Å². The van der Waals surface area contributed by atoms with Crippen molar-refractivity contribution in [3.63, 3.8) is 0 Å². The fourth-order valence-electron chi connectivity index (χ4n) is 1.71. The van der Waals surface area contributed by atoms with Gasteiger partial charge in [0, 0.05) is 13.0 Å². The number of benzene rings is 1. The second kappa shape index (κ2) is 6.36. The summed E-state index contributed by atoms with van der Waals surface area (Å²) in [6.07, 6.45) is -0.0101. The molecule has 1 aromatic carbocycles. The van der Waals surface area contributed by atoms with Crippen LogP contribution in [0.4, 0.5) is 0 Å². The SMILES string of the molecule is CC(CNC(=O)CC(C)(C)C(=O)O)c1ccccc1. The zero-order valence-electron chi connectivity index (χ0n) is 11.6. The molecule has 0 saturated carbocycles. The highest BCUT2D eigenvalue weighted by Gasteiger charge is 2.30. The van der Waals surface area contributed by atoms with Gasteiger partial charge in [-0.25, -0.2) is 0 Å². The number of nitrogens with one attached hydrogen (secondary N) is 1. The van der Waals surface area contributed by atoms with Crippen LogP contribution in [0.1, 0.15) is 38.7 Å². The molecule has 19 heavy (non-hydrogen) atoms. The third kappa shape index (κ3) is 4.73. The highest BCUT2D eigenvalue weighted by Crippen LogP contribution is 2.20. The summed E-state index contributed by atoms with van der Waals surface area (Å²) in [6, 6.07) is 9.89. The molecule has 1 atom stereocenters. The van der Waals surface area contributed by atoms with Crippen molar-refractivity contribution in [3.05, 3.63) is 35.9 Å². The minimum Gasteiger partial charge on any atom is -0.481 e. The summed E-state index contributed by atoms with van der Waals surface area (Å²) in [4.78, 5) is 22.7. The largest absolute Gasteiger partial charge is 0.481 e. The smallest absolute Gasteiger partial charge is 0.309 e. The number of hydrogen-bond acceptors (Lipinski definition) is 2. The zero-order valence-corrected chi connectivity index (χ0v) is 11.6. The second-order valence-corrected chi connectivity index (χ2v) is 5.48. The van der Waals surface area contributed by atoms with Gasteiger partial charge in [-0.2, -0.15) is 0 Å². The van der Waals surface area contributed by atoms with Gasteiger partial charge in [-0.05, 0) is 25.3 Å². The summed E-state index contributed by atoms with van der Waals surface area (Å²) in [5, 5.41) is 11.8. The molecule has 4 nitrogen and oxygen atoms in total. The Hall–Kier alpha value is -1.84. The van der Waals surface area contributed by atoms with E-state index in [2.05, 4.69) is 5.32 Å². The molecule has 0 fully saturated rings. The predicted octanol–water partition coefficient (Wildman–Crippen LogP) is 2.41. The first-order valence-corrected chi connectivity index (χ1v) is 6.38. The highest BCUT2D eigenvalue weighted by molar-refractivity contribution is 5.84. The first-order valence-electron chi connectivity index (χ1n) is 6.38. The van der Waals surface area contributed by atoms with Crippen molar-refractivity contribution < 1.29 is 14.7 Å². The van der Waals surface area contributed by atoms with E-state index in [1.54, 1.807) is 13.8 Å². The minimum absolute atomic E-state index is 0.0101. The Balaban J connectivity index is 2.45. The van der Waals surface area contributed by atoms with Gasteiger partial charge >= 0.3 is 5.97 Å². The Morgan fingerprint density at radius 2 is 1.84 bits per heavy atom. The number of carbonyl (C=O) groups is 2. The van der Waals surface area contributed by atoms with E-state index < -0.39 is 11.4 Å². The highest BCUT2D eigenvalue weighted by atomic mass is 16.4. The van der Waals surface area contributed by atoms with Gasteiger partial charge in [-0.3, -0.25) is 9.59 Å². The van der Waals surface area contributed by atoms with Gasteiger partial charge in [-0.15, -0.1) is 0 Å². The Labute approximate surface area is 113 Å². The van der Waals surface area contributed by atoms with Crippen molar-refractivity contribution in [2.45, 2.75) is 33.1 Å². The van der Waals surface area contributed by atoms with Crippen LogP contribution in [0.3, 0.4) is 0 Å². The molecular weight excluding hydrogens is 242 g/mol. The van der Waals surface area contributed by atoms with Gasteiger partial charge in [0.05, 0.1) is 5.41 Å². The molecule has 0 radical (unpaired) electrons. The van der Waals surface area contributed by atoms with Gasteiger partial charge in [0.1, 0.15) is 0 Å². The average molecular weight is 263 g/mol. The number of carboxylic acids is 1. The molecular formula is C15H21NO3. The van der Waals surface area contributed by atoms with Gasteiger partial charge in [0.2, 0.25) is 5.91 Å². The topological polar surface area (TPSA) is 66.4 Å². The number of rotatable bonds is 6. The molecule has 0 aliphatic rings. The number of carboxylic acid groups (broad SMARTS) is 1. The Morgan fingerprint density at radius 1 is 1.26 bits per heavy atom. The van der Waals surface area contributed by atoms with E-state index in [1.807, 2.05) is 37.3 Å². The molecule has 4 heteroatoms. The van der Waals surface area contributed by atoms with Crippen LogP contribution >= 0.6 is 0 Å². The van der Waals surface area contributed by atoms with Crippen molar-refractivity contribution in [3.8, 4) is 0 Å². The molecule has 0 spiro atoms. The summed E-state index contributed by atoms with van der Waals surface area (Å²) in [5.41, 5.74) is 0.125. The maximum atomic E-state index is 11.7. The summed E-state index contributed by atoms with van der Waals surface area (Å²) in [6.45, 7) is 5.64. The van der Waals surface area contributed by atoms with Crippen LogP contribution in [-0.2, 0) is 9.59 Å². The number of aliphatic carboxylic acids is 1. The van der Waals surface area contributed by atoms with E-state index in [0.29, 0.717) is 6.54 Å². The van der Waals surface area contributed by atoms with Crippen molar-refractivity contribution in [1.82, 2.24) is 5.32 Å². The van der Waals surface area contributed by atoms with Gasteiger partial charge in [0.15, 0.2) is 0 Å². The Morgan fingerprint density at radius 3 is 2.37 bits per heavy atom. The third-order valence-electron chi connectivity index (χ3n) is 3.16. The standard InChI is InChI=1S/C15H21NO3/c1-11(12-7-5-4-6-8-12)10-16-13(17)9-15(2,3)14(18)19/h4-8,11H,9-10H2,1-3H3,(H,16,17)(H,18,19). The fraction of sp³-hybridized carbons (Fsp3) is 0.467. The summed E-state index contributed by atoms with van der Waals surface area (Å²) >= 11 is 0. The number of amides is 1. The minimum atomic E-state index is -1.03. The molecule has 0 aliphatic carbocycles. The molecule has 1 rings (SSSR count). The summed E-state index contributed by atoms with van der Waals surface area (Å²) < 4.78 is 0. The lowest BCUT2D eigenvalue weighted by atomic mass is 9.89. The third-order valence-corrected chi connectivity index (χ3v) is 3.16. The van der Waals surface area contributed by atoms with Crippen LogP contribution in [-0.4, -0.2) is 23.5 Å². The maximum absolute atomic E-state index is 11.7. The van der Waals surface area contributed by atoms with Crippen molar-refractivity contribution in [2.75, 3.05) is 6.54 Å². The fourth-order valence-corrected chi connectivity index (χ4v) is 1.71. The Kier molecular flexibility index (Phi) is 5.10. The first kappa shape index (κ1) is 15.2. The Bertz CT molecular complexity index is 440. The van der Waals surface area contributed by atoms with Crippen LogP contribution in [0, 0.1) is 5.41 Å². The second-order valence-electron chi connectivity index (χ2n) is 5.48. The summed E-state index contributed by atoms with van der Waals surface area (Å²) in [5.74, 6) is -0.980. The molecule has 0 aliphatic heterocycles. The number of carbonyl (C=O) groups excluding carboxylic acids is 1. The molecule has 0 heterocycles. The lowest BCUT2D eigenvalue weighted by Crippen LogP contribution is -2.34. The average Bonchev–Trinajstić information content (AvgIpc) is 2.36. The lowest BCUT2D eigenvalue weighted by Gasteiger charge is -2.19. The molecule has 1 amide bonds. The lowest BCUT2D eigenvalue weighted by molar-refractivity contribution is -0.149. The maximum Gasteiger partial charge on any atom is 0.309 e. The van der Waals surface area contributed by atoms with Gasteiger partial charge < -0.3 is 10.4 Å². The number of hydrogen-bond donors (Lipinski definition) is 2. The van der Waals surface area contributed by atoms with Crippen molar-refractivity contribution in [1.29, 1.82) is 0 Å². The normalized spacial score (nSPS) is 12.8. The van der Waals surface area contributed by atoms with Crippen LogP contribution in [0.25, 0.3) is 0 Å². The van der Waals surface area contributed by atoms with E-state index in [1.165, 1.54) is 0 Å². The molecule has 0 bridgehead atoms. The van der Waals surface area contributed by atoms with E-state index >= 15 is 0 Å².